The van der Waals surface area contributed by atoms with Gasteiger partial charge in [-0.1, -0.05) is 6.92 Å². The Morgan fingerprint density at radius 1 is 0.467 bits per heavy atom. The summed E-state index contributed by atoms with van der Waals surface area (Å²) in [5, 5.41) is 61.2. The molecular weight excluding hydrogens is 582 g/mol. The van der Waals surface area contributed by atoms with Crippen LogP contribution in [0.3, 0.4) is 0 Å². The third kappa shape index (κ3) is 16.0. The van der Waals surface area contributed by atoms with Crippen molar-refractivity contribution in [2.24, 2.45) is 5.41 Å². The lowest BCUT2D eigenvalue weighted by molar-refractivity contribution is -0.928. The van der Waals surface area contributed by atoms with Crippen molar-refractivity contribution in [1.82, 2.24) is 0 Å². The molecule has 0 bridgehead atoms. The summed E-state index contributed by atoms with van der Waals surface area (Å²) >= 11 is 0. The maximum atomic E-state index is 10.8. The molecule has 6 N–H and O–H groups in total. The Labute approximate surface area is 274 Å². The Hall–Kier alpha value is -0.480. The van der Waals surface area contributed by atoms with Crippen LogP contribution in [0.2, 0.25) is 0 Å². The first-order chi connectivity index (χ1) is 21.4. The van der Waals surface area contributed by atoms with Gasteiger partial charge in [0.2, 0.25) is 0 Å². The van der Waals surface area contributed by atoms with Crippen molar-refractivity contribution >= 4 is 0 Å². The number of aliphatic hydroxyl groups excluding tert-OH is 6. The summed E-state index contributed by atoms with van der Waals surface area (Å²) in [7, 11) is 0. The van der Waals surface area contributed by atoms with E-state index in [9.17, 15) is 30.6 Å². The van der Waals surface area contributed by atoms with Crippen LogP contribution in [0.25, 0.3) is 0 Å². The van der Waals surface area contributed by atoms with Crippen molar-refractivity contribution in [2.75, 3.05) is 138 Å². The van der Waals surface area contributed by atoms with Crippen molar-refractivity contribution < 1.29 is 58.3 Å². The number of ether oxygens (including phenoxy) is 3. The van der Waals surface area contributed by atoms with Crippen LogP contribution in [0.4, 0.5) is 0 Å². The van der Waals surface area contributed by atoms with Gasteiger partial charge in [0.1, 0.15) is 57.6 Å². The van der Waals surface area contributed by atoms with Crippen LogP contribution in [0.5, 0.6) is 0 Å². The van der Waals surface area contributed by atoms with E-state index in [1.165, 1.54) is 0 Å². The van der Waals surface area contributed by atoms with E-state index in [1.54, 1.807) is 0 Å². The highest BCUT2D eigenvalue weighted by atomic mass is 16.5. The monoisotopic (exact) mass is 657 g/mol. The first-order valence-electron chi connectivity index (χ1n) is 17.6. The first-order valence-corrected chi connectivity index (χ1v) is 17.6. The average molecular weight is 657 g/mol. The summed E-state index contributed by atoms with van der Waals surface area (Å²) in [6, 6.07) is 0. The molecule has 0 radical (unpaired) electrons. The second-order valence-electron chi connectivity index (χ2n) is 13.2. The fourth-order valence-corrected chi connectivity index (χ4v) is 6.47. The normalized spacial score (nSPS) is 16.5. The molecule has 0 aliphatic carbocycles. The molecule has 0 aliphatic rings. The SMILES string of the molecule is CCC(COCC(O)C[N+](CC)(CC)CCO)(COCC(O)C[N+](CC)(CC)CCO)COCC(O)C[N+](CC)(CC)CCO. The second-order valence-corrected chi connectivity index (χ2v) is 13.2. The van der Waals surface area contributed by atoms with Crippen molar-refractivity contribution in [3.63, 3.8) is 0 Å². The number of likely N-dealkylation sites (N-methyl/N-ethyl adjacent to an activating group) is 3. The molecule has 0 heterocycles. The molecule has 0 amide bonds. The van der Waals surface area contributed by atoms with E-state index in [-0.39, 0.29) is 59.5 Å². The second kappa shape index (κ2) is 23.8. The highest BCUT2D eigenvalue weighted by molar-refractivity contribution is 4.79. The number of quaternary nitrogens is 3. The number of aliphatic hydroxyl groups is 6. The van der Waals surface area contributed by atoms with Crippen molar-refractivity contribution in [2.45, 2.75) is 73.2 Å². The number of rotatable bonds is 31. The Balaban J connectivity index is 5.51. The molecule has 0 rings (SSSR count). The zero-order chi connectivity index (χ0) is 34.4. The Morgan fingerprint density at radius 2 is 0.711 bits per heavy atom. The van der Waals surface area contributed by atoms with Gasteiger partial charge < -0.3 is 58.3 Å². The third-order valence-electron chi connectivity index (χ3n) is 10.4. The largest absolute Gasteiger partial charge is 0.391 e. The molecular formula is C33H74N3O9+3. The first kappa shape index (κ1) is 44.5. The van der Waals surface area contributed by atoms with Gasteiger partial charge in [-0.2, -0.15) is 0 Å². The van der Waals surface area contributed by atoms with Gasteiger partial charge in [0.05, 0.1) is 98.7 Å². The highest BCUT2D eigenvalue weighted by Crippen LogP contribution is 2.25. The molecule has 0 aromatic heterocycles. The van der Waals surface area contributed by atoms with Gasteiger partial charge in [-0.05, 0) is 48.0 Å². The fourth-order valence-electron chi connectivity index (χ4n) is 6.47. The summed E-state index contributed by atoms with van der Waals surface area (Å²) < 4.78 is 20.1. The smallest absolute Gasteiger partial charge is 0.126 e. The van der Waals surface area contributed by atoms with Gasteiger partial charge in [0.15, 0.2) is 0 Å². The summed E-state index contributed by atoms with van der Waals surface area (Å²) in [6.45, 7) is 23.9. The van der Waals surface area contributed by atoms with Gasteiger partial charge in [0.25, 0.3) is 0 Å². The van der Waals surface area contributed by atoms with Crippen LogP contribution in [0.15, 0.2) is 0 Å². The van der Waals surface area contributed by atoms with Crippen molar-refractivity contribution in [1.29, 1.82) is 0 Å². The molecule has 0 aliphatic heterocycles. The quantitative estimate of drug-likeness (QED) is 0.0570. The minimum Gasteiger partial charge on any atom is -0.391 e. The standard InChI is InChI=1S/C33H74N3O9/c1-8-33(27-43-24-30(40)21-34(9-2,10-3)15-18-37,28-44-25-31(41)22-35(11-4,12-5)16-19-38)29-45-26-32(42)23-36(13-6,14-7)17-20-39/h30-32,37-42H,8-29H2,1-7H3/q+3. The van der Waals surface area contributed by atoms with Crippen LogP contribution >= 0.6 is 0 Å². The summed E-state index contributed by atoms with van der Waals surface area (Å²) in [5.74, 6) is 0. The maximum absolute atomic E-state index is 10.8. The molecule has 3 atom stereocenters. The zero-order valence-electron chi connectivity index (χ0n) is 30.0. The third-order valence-corrected chi connectivity index (χ3v) is 10.4. The number of hydrogen-bond donors (Lipinski definition) is 6. The minimum atomic E-state index is -0.697. The van der Waals surface area contributed by atoms with E-state index < -0.39 is 23.7 Å². The van der Waals surface area contributed by atoms with Crippen LogP contribution < -0.4 is 0 Å². The molecule has 0 aromatic rings. The van der Waals surface area contributed by atoms with E-state index >= 15 is 0 Å². The topological polar surface area (TPSA) is 149 Å². The van der Waals surface area contributed by atoms with Crippen LogP contribution in [-0.2, 0) is 14.2 Å². The predicted molar refractivity (Wildman–Crippen MR) is 178 cm³/mol. The Bertz CT molecular complexity index is 619. The summed E-state index contributed by atoms with van der Waals surface area (Å²) in [5.41, 5.74) is -0.565. The van der Waals surface area contributed by atoms with Crippen LogP contribution in [0, 0.1) is 5.41 Å². The van der Waals surface area contributed by atoms with Crippen LogP contribution in [0.1, 0.15) is 54.9 Å². The lowest BCUT2D eigenvalue weighted by Gasteiger charge is -2.39. The van der Waals surface area contributed by atoms with E-state index in [4.69, 9.17) is 14.2 Å². The fraction of sp³-hybridized carbons (Fsp3) is 1.00. The molecule has 0 saturated heterocycles. The van der Waals surface area contributed by atoms with E-state index in [2.05, 4.69) is 41.5 Å². The lowest BCUT2D eigenvalue weighted by Crippen LogP contribution is -2.54. The molecule has 0 fully saturated rings. The van der Waals surface area contributed by atoms with Crippen molar-refractivity contribution in [3.8, 4) is 0 Å². The van der Waals surface area contributed by atoms with E-state index in [0.717, 1.165) is 39.3 Å². The molecule has 0 spiro atoms. The molecule has 3 unspecified atom stereocenters. The van der Waals surface area contributed by atoms with Gasteiger partial charge in [-0.3, -0.25) is 0 Å². The predicted octanol–water partition coefficient (Wildman–Crippen LogP) is 0.0620. The Kier molecular flexibility index (Phi) is 23.5. The number of hydrogen-bond acceptors (Lipinski definition) is 9. The Morgan fingerprint density at radius 3 is 0.889 bits per heavy atom. The summed E-state index contributed by atoms with van der Waals surface area (Å²) in [4.78, 5) is 0. The zero-order valence-corrected chi connectivity index (χ0v) is 30.0. The lowest BCUT2D eigenvalue weighted by atomic mass is 9.88. The highest BCUT2D eigenvalue weighted by Gasteiger charge is 2.34. The molecule has 12 heteroatoms. The van der Waals surface area contributed by atoms with E-state index in [0.29, 0.717) is 59.1 Å². The van der Waals surface area contributed by atoms with Crippen LogP contribution in [-0.4, -0.2) is 200 Å². The maximum Gasteiger partial charge on any atom is 0.126 e. The van der Waals surface area contributed by atoms with E-state index in [1.807, 2.05) is 6.92 Å². The van der Waals surface area contributed by atoms with Gasteiger partial charge in [-0.25, -0.2) is 0 Å². The van der Waals surface area contributed by atoms with Crippen molar-refractivity contribution in [3.05, 3.63) is 0 Å². The van der Waals surface area contributed by atoms with Gasteiger partial charge >= 0.3 is 0 Å². The molecule has 272 valence electrons. The minimum absolute atomic E-state index is 0.0631. The molecule has 12 nitrogen and oxygen atoms in total. The average Bonchev–Trinajstić information content (AvgIpc) is 3.03. The van der Waals surface area contributed by atoms with Gasteiger partial charge in [0, 0.05) is 5.41 Å². The molecule has 45 heavy (non-hydrogen) atoms. The number of nitrogens with zero attached hydrogens (tertiary/aromatic N) is 3. The molecule has 0 saturated carbocycles. The summed E-state index contributed by atoms with van der Waals surface area (Å²) in [6.07, 6.45) is -1.43. The molecule has 0 aromatic carbocycles. The van der Waals surface area contributed by atoms with Gasteiger partial charge in [-0.15, -0.1) is 0 Å².